The first-order valence-corrected chi connectivity index (χ1v) is 9.76. The Hall–Kier alpha value is -3.18. The Balaban J connectivity index is 1.39. The van der Waals surface area contributed by atoms with Crippen molar-refractivity contribution in [1.82, 2.24) is 34.7 Å². The molecule has 0 bridgehead atoms. The van der Waals surface area contributed by atoms with Gasteiger partial charge >= 0.3 is 6.18 Å². The molecular formula is C18H20F3N9. The van der Waals surface area contributed by atoms with E-state index in [0.29, 0.717) is 6.04 Å². The van der Waals surface area contributed by atoms with Crippen LogP contribution in [0, 0.1) is 0 Å². The van der Waals surface area contributed by atoms with E-state index in [2.05, 4.69) is 30.8 Å². The Morgan fingerprint density at radius 2 is 1.83 bits per heavy atom. The number of aromatic nitrogens is 7. The van der Waals surface area contributed by atoms with E-state index in [-0.39, 0.29) is 23.7 Å². The predicted octanol–water partition coefficient (Wildman–Crippen LogP) is 3.52. The van der Waals surface area contributed by atoms with Gasteiger partial charge in [0.25, 0.3) is 0 Å². The van der Waals surface area contributed by atoms with Crippen LogP contribution in [0.4, 0.5) is 30.6 Å². The molecule has 9 nitrogen and oxygen atoms in total. The molecule has 3 aromatic heterocycles. The monoisotopic (exact) mass is 419 g/mol. The van der Waals surface area contributed by atoms with Crippen LogP contribution in [-0.2, 0) is 6.18 Å². The minimum absolute atomic E-state index is 0.0913. The van der Waals surface area contributed by atoms with Gasteiger partial charge in [-0.1, -0.05) is 0 Å². The lowest BCUT2D eigenvalue weighted by molar-refractivity contribution is -0.137. The molecule has 0 saturated heterocycles. The van der Waals surface area contributed by atoms with Crippen LogP contribution < -0.4 is 10.6 Å². The van der Waals surface area contributed by atoms with Crippen molar-refractivity contribution >= 4 is 17.5 Å². The van der Waals surface area contributed by atoms with Crippen molar-refractivity contribution in [3.63, 3.8) is 0 Å². The minimum Gasteiger partial charge on any atom is -0.372 e. The molecule has 3 heterocycles. The second-order valence-electron chi connectivity index (χ2n) is 7.64. The van der Waals surface area contributed by atoms with Crippen LogP contribution in [0.5, 0.6) is 0 Å². The maximum atomic E-state index is 13.1. The van der Waals surface area contributed by atoms with Gasteiger partial charge < -0.3 is 10.6 Å². The molecule has 0 spiro atoms. The first kappa shape index (κ1) is 18.8. The van der Waals surface area contributed by atoms with Crippen LogP contribution in [0.25, 0.3) is 0 Å². The van der Waals surface area contributed by atoms with E-state index in [1.807, 2.05) is 10.9 Å². The summed E-state index contributed by atoms with van der Waals surface area (Å²) in [5.41, 5.74) is 0.693. The largest absolute Gasteiger partial charge is 0.421 e. The second-order valence-corrected chi connectivity index (χ2v) is 7.64. The number of hydrogen-bond acceptors (Lipinski definition) is 7. The standard InChI is InChI=1S/C18H20F3N9/c1-22-16-13(18(19,20)21)8-23-17(27-16)26-14-9-29(11-2-3-11)28-15(14)10-6-12(7-10)30-24-4-5-25-30/h4-5,8-12H,2-3,6-7H2,1H3,(H2,22,23,26,27). The summed E-state index contributed by atoms with van der Waals surface area (Å²) in [6.45, 7) is 0. The van der Waals surface area contributed by atoms with Gasteiger partial charge in [-0.2, -0.15) is 38.2 Å². The Kier molecular flexibility index (Phi) is 4.36. The van der Waals surface area contributed by atoms with Crippen LogP contribution >= 0.6 is 0 Å². The van der Waals surface area contributed by atoms with E-state index in [4.69, 9.17) is 5.10 Å². The molecule has 158 valence electrons. The number of nitrogens with zero attached hydrogens (tertiary/aromatic N) is 7. The summed E-state index contributed by atoms with van der Waals surface area (Å²) in [6, 6.07) is 0.603. The molecule has 3 aromatic rings. The maximum Gasteiger partial charge on any atom is 0.421 e. The quantitative estimate of drug-likeness (QED) is 0.631. The van der Waals surface area contributed by atoms with Crippen LogP contribution in [0.3, 0.4) is 0 Å². The Labute approximate surface area is 169 Å². The molecule has 2 aliphatic rings. The fourth-order valence-electron chi connectivity index (χ4n) is 3.70. The minimum atomic E-state index is -4.53. The predicted molar refractivity (Wildman–Crippen MR) is 101 cm³/mol. The summed E-state index contributed by atoms with van der Waals surface area (Å²) >= 11 is 0. The van der Waals surface area contributed by atoms with E-state index in [0.717, 1.165) is 43.3 Å². The highest BCUT2D eigenvalue weighted by atomic mass is 19.4. The van der Waals surface area contributed by atoms with Crippen LogP contribution in [-0.4, -0.2) is 41.8 Å². The third kappa shape index (κ3) is 3.46. The van der Waals surface area contributed by atoms with Gasteiger partial charge in [-0.25, -0.2) is 4.98 Å². The van der Waals surface area contributed by atoms with Crippen molar-refractivity contribution in [2.45, 2.75) is 49.9 Å². The van der Waals surface area contributed by atoms with Gasteiger partial charge in [0.2, 0.25) is 5.95 Å². The lowest BCUT2D eigenvalue weighted by Crippen LogP contribution is -2.27. The molecule has 0 amide bonds. The molecule has 12 heteroatoms. The highest BCUT2D eigenvalue weighted by Gasteiger charge is 2.38. The van der Waals surface area contributed by atoms with Crippen molar-refractivity contribution in [1.29, 1.82) is 0 Å². The summed E-state index contributed by atoms with van der Waals surface area (Å²) in [4.78, 5) is 9.59. The summed E-state index contributed by atoms with van der Waals surface area (Å²) in [5, 5.41) is 18.7. The van der Waals surface area contributed by atoms with Gasteiger partial charge in [0.1, 0.15) is 11.4 Å². The Bertz CT molecular complexity index is 1030. The highest BCUT2D eigenvalue weighted by molar-refractivity contribution is 5.59. The van der Waals surface area contributed by atoms with E-state index >= 15 is 0 Å². The number of halogens is 3. The molecule has 0 atom stereocenters. The van der Waals surface area contributed by atoms with Gasteiger partial charge in [0.05, 0.1) is 35.9 Å². The molecule has 5 rings (SSSR count). The number of rotatable bonds is 6. The van der Waals surface area contributed by atoms with E-state index in [9.17, 15) is 13.2 Å². The van der Waals surface area contributed by atoms with Gasteiger partial charge in [0, 0.05) is 25.4 Å². The SMILES string of the molecule is CNc1nc(Nc2cn(C3CC3)nc2C2CC(n3nccn3)C2)ncc1C(F)(F)F. The lowest BCUT2D eigenvalue weighted by atomic mass is 9.78. The molecular weight excluding hydrogens is 399 g/mol. The molecule has 2 saturated carbocycles. The smallest absolute Gasteiger partial charge is 0.372 e. The summed E-state index contributed by atoms with van der Waals surface area (Å²) in [6.07, 6.45) is 5.31. The van der Waals surface area contributed by atoms with E-state index in [1.54, 1.807) is 17.2 Å². The molecule has 2 N–H and O–H groups in total. The fraction of sp³-hybridized carbons (Fsp3) is 0.500. The van der Waals surface area contributed by atoms with Crippen molar-refractivity contribution in [2.75, 3.05) is 17.7 Å². The van der Waals surface area contributed by atoms with Crippen molar-refractivity contribution in [3.05, 3.63) is 36.0 Å². The molecule has 2 aliphatic carbocycles. The van der Waals surface area contributed by atoms with Crippen molar-refractivity contribution in [3.8, 4) is 0 Å². The normalized spacial score (nSPS) is 21.3. The molecule has 30 heavy (non-hydrogen) atoms. The molecule has 2 fully saturated rings. The van der Waals surface area contributed by atoms with E-state index in [1.165, 1.54) is 7.05 Å². The van der Waals surface area contributed by atoms with Gasteiger partial charge in [-0.3, -0.25) is 4.68 Å². The first-order chi connectivity index (χ1) is 14.4. The molecule has 0 aliphatic heterocycles. The maximum absolute atomic E-state index is 13.1. The zero-order chi connectivity index (χ0) is 20.9. The van der Waals surface area contributed by atoms with E-state index < -0.39 is 11.7 Å². The lowest BCUT2D eigenvalue weighted by Gasteiger charge is -2.33. The zero-order valence-electron chi connectivity index (χ0n) is 16.1. The number of alkyl halides is 3. The number of anilines is 3. The van der Waals surface area contributed by atoms with Crippen molar-refractivity contribution < 1.29 is 13.2 Å². The third-order valence-electron chi connectivity index (χ3n) is 5.52. The first-order valence-electron chi connectivity index (χ1n) is 9.76. The molecule has 0 aromatic carbocycles. The molecule has 0 unspecified atom stereocenters. The topological polar surface area (TPSA) is 98.4 Å². The highest BCUT2D eigenvalue weighted by Crippen LogP contribution is 2.47. The van der Waals surface area contributed by atoms with Crippen LogP contribution in [0.2, 0.25) is 0 Å². The fourth-order valence-corrected chi connectivity index (χ4v) is 3.70. The average Bonchev–Trinajstić information content (AvgIpc) is 3.24. The van der Waals surface area contributed by atoms with Crippen LogP contribution in [0.1, 0.15) is 54.9 Å². The number of nitrogens with one attached hydrogen (secondary N) is 2. The zero-order valence-corrected chi connectivity index (χ0v) is 16.1. The van der Waals surface area contributed by atoms with Gasteiger partial charge in [-0.05, 0) is 25.7 Å². The Morgan fingerprint density at radius 1 is 1.10 bits per heavy atom. The third-order valence-corrected chi connectivity index (χ3v) is 5.52. The van der Waals surface area contributed by atoms with Gasteiger partial charge in [0.15, 0.2) is 0 Å². The summed E-state index contributed by atoms with van der Waals surface area (Å²) in [5.74, 6) is 0.0277. The summed E-state index contributed by atoms with van der Waals surface area (Å²) < 4.78 is 41.2. The second kappa shape index (κ2) is 6.96. The number of hydrogen-bond donors (Lipinski definition) is 2. The van der Waals surface area contributed by atoms with Crippen molar-refractivity contribution in [2.24, 2.45) is 0 Å². The average molecular weight is 419 g/mol. The summed E-state index contributed by atoms with van der Waals surface area (Å²) in [7, 11) is 1.40. The Morgan fingerprint density at radius 3 is 2.47 bits per heavy atom. The van der Waals surface area contributed by atoms with Crippen LogP contribution in [0.15, 0.2) is 24.8 Å². The molecule has 0 radical (unpaired) electrons. The van der Waals surface area contributed by atoms with Gasteiger partial charge in [-0.15, -0.1) is 0 Å².